The molecule has 4 rings (SSSR count). The van der Waals surface area contributed by atoms with E-state index < -0.39 is 6.04 Å². The van der Waals surface area contributed by atoms with Gasteiger partial charge in [0.25, 0.3) is 0 Å². The molecule has 0 radical (unpaired) electrons. The van der Waals surface area contributed by atoms with E-state index in [2.05, 4.69) is 10.5 Å². The van der Waals surface area contributed by atoms with Crippen LogP contribution in [0.25, 0.3) is 0 Å². The standard InChI is InChI=1S/C21H20ClFN4O2/c1-28-25-11-18-21(19-12-24-8-9-29-19)27-20(14-4-2-3-5-16(14)23)15-10-13(22)6-7-17(15)26-18/h2-7,10-11,19,21,24H,8-9,12H2,1H3. The van der Waals surface area contributed by atoms with Crippen LogP contribution in [-0.4, -0.2) is 56.6 Å². The lowest BCUT2D eigenvalue weighted by Crippen LogP contribution is -2.48. The molecule has 2 aromatic rings. The summed E-state index contributed by atoms with van der Waals surface area (Å²) in [5, 5.41) is 7.71. The Morgan fingerprint density at radius 2 is 2.14 bits per heavy atom. The summed E-state index contributed by atoms with van der Waals surface area (Å²) in [5.41, 5.74) is 2.70. The molecule has 2 aromatic carbocycles. The second kappa shape index (κ2) is 8.82. The number of hydrogen-bond acceptors (Lipinski definition) is 6. The van der Waals surface area contributed by atoms with Crippen molar-refractivity contribution >= 4 is 34.9 Å². The first-order valence-electron chi connectivity index (χ1n) is 9.27. The maximum Gasteiger partial charge on any atom is 0.132 e. The predicted octanol–water partition coefficient (Wildman–Crippen LogP) is 3.39. The summed E-state index contributed by atoms with van der Waals surface area (Å²) in [4.78, 5) is 14.5. The molecule has 0 amide bonds. The summed E-state index contributed by atoms with van der Waals surface area (Å²) < 4.78 is 20.7. The molecule has 150 valence electrons. The van der Waals surface area contributed by atoms with E-state index in [1.165, 1.54) is 19.4 Å². The Balaban J connectivity index is 1.93. The summed E-state index contributed by atoms with van der Waals surface area (Å²) in [7, 11) is 1.46. The third kappa shape index (κ3) is 4.22. The SMILES string of the molecule is CON=CC1=Nc2ccc(Cl)cc2C(c2ccccc2F)=NC1C1CNCCO1. The molecule has 1 fully saturated rings. The maximum atomic E-state index is 14.7. The van der Waals surface area contributed by atoms with Crippen molar-refractivity contribution in [1.29, 1.82) is 0 Å². The van der Waals surface area contributed by atoms with Crippen molar-refractivity contribution in [3.05, 3.63) is 64.4 Å². The molecule has 2 atom stereocenters. The Morgan fingerprint density at radius 3 is 2.90 bits per heavy atom. The Morgan fingerprint density at radius 1 is 1.28 bits per heavy atom. The van der Waals surface area contributed by atoms with Gasteiger partial charge in [-0.05, 0) is 30.3 Å². The average molecular weight is 415 g/mol. The van der Waals surface area contributed by atoms with Gasteiger partial charge in [0.05, 0.1) is 36.0 Å². The normalized spacial score (nSPS) is 21.9. The van der Waals surface area contributed by atoms with E-state index in [4.69, 9.17) is 31.2 Å². The number of halogens is 2. The monoisotopic (exact) mass is 414 g/mol. The van der Waals surface area contributed by atoms with Crippen LogP contribution >= 0.6 is 11.6 Å². The van der Waals surface area contributed by atoms with E-state index in [0.717, 1.165) is 6.54 Å². The minimum absolute atomic E-state index is 0.280. The molecular formula is C21H20ClFN4O2. The molecule has 1 N–H and O–H groups in total. The molecule has 8 heteroatoms. The predicted molar refractivity (Wildman–Crippen MR) is 112 cm³/mol. The fraction of sp³-hybridized carbons (Fsp3) is 0.286. The molecule has 6 nitrogen and oxygen atoms in total. The fourth-order valence-corrected chi connectivity index (χ4v) is 3.59. The smallest absolute Gasteiger partial charge is 0.132 e. The molecule has 0 bridgehead atoms. The molecule has 0 aromatic heterocycles. The van der Waals surface area contributed by atoms with Crippen molar-refractivity contribution in [2.45, 2.75) is 12.1 Å². The van der Waals surface area contributed by atoms with Gasteiger partial charge in [-0.2, -0.15) is 0 Å². The molecule has 2 aliphatic rings. The second-order valence-corrected chi connectivity index (χ2v) is 7.07. The Bertz CT molecular complexity index is 986. The lowest BCUT2D eigenvalue weighted by Gasteiger charge is -2.28. The lowest BCUT2D eigenvalue weighted by molar-refractivity contribution is 0.0255. The third-order valence-electron chi connectivity index (χ3n) is 4.76. The van der Waals surface area contributed by atoms with Crippen molar-refractivity contribution in [3.63, 3.8) is 0 Å². The van der Waals surface area contributed by atoms with Gasteiger partial charge in [0.15, 0.2) is 0 Å². The number of nitrogens with zero attached hydrogens (tertiary/aromatic N) is 3. The molecular weight excluding hydrogens is 395 g/mol. The van der Waals surface area contributed by atoms with Crippen molar-refractivity contribution in [1.82, 2.24) is 5.32 Å². The van der Waals surface area contributed by atoms with Gasteiger partial charge in [0.1, 0.15) is 19.0 Å². The molecule has 29 heavy (non-hydrogen) atoms. The first-order valence-corrected chi connectivity index (χ1v) is 9.65. The summed E-state index contributed by atoms with van der Waals surface area (Å²) in [6.45, 7) is 1.91. The van der Waals surface area contributed by atoms with Crippen molar-refractivity contribution in [2.75, 3.05) is 26.8 Å². The molecule has 1 saturated heterocycles. The number of rotatable bonds is 4. The van der Waals surface area contributed by atoms with Gasteiger partial charge >= 0.3 is 0 Å². The highest BCUT2D eigenvalue weighted by atomic mass is 35.5. The van der Waals surface area contributed by atoms with Crippen molar-refractivity contribution in [3.8, 4) is 0 Å². The topological polar surface area (TPSA) is 67.6 Å². The van der Waals surface area contributed by atoms with Crippen LogP contribution in [0.2, 0.25) is 5.02 Å². The third-order valence-corrected chi connectivity index (χ3v) is 5.00. The van der Waals surface area contributed by atoms with E-state index >= 15 is 0 Å². The van der Waals surface area contributed by atoms with Crippen LogP contribution in [0.4, 0.5) is 10.1 Å². The van der Waals surface area contributed by atoms with E-state index in [-0.39, 0.29) is 11.9 Å². The Labute approximate surface area is 173 Å². The van der Waals surface area contributed by atoms with Crippen LogP contribution in [0, 0.1) is 5.82 Å². The molecule has 0 spiro atoms. The van der Waals surface area contributed by atoms with Crippen LogP contribution in [0.15, 0.2) is 57.6 Å². The quantitative estimate of drug-likeness (QED) is 0.616. The average Bonchev–Trinajstić information content (AvgIpc) is 2.90. The number of oxime groups is 1. The minimum atomic E-state index is -0.498. The summed E-state index contributed by atoms with van der Waals surface area (Å²) >= 11 is 6.25. The zero-order valence-electron chi connectivity index (χ0n) is 15.8. The Kier molecular flexibility index (Phi) is 5.99. The highest BCUT2D eigenvalue weighted by Crippen LogP contribution is 2.31. The van der Waals surface area contributed by atoms with Gasteiger partial charge in [-0.25, -0.2) is 9.38 Å². The van der Waals surface area contributed by atoms with E-state index in [1.54, 1.807) is 36.4 Å². The van der Waals surface area contributed by atoms with Gasteiger partial charge in [-0.3, -0.25) is 4.99 Å². The number of fused-ring (bicyclic) bond motifs is 1. The van der Waals surface area contributed by atoms with Crippen LogP contribution in [0.1, 0.15) is 11.1 Å². The van der Waals surface area contributed by atoms with E-state index in [9.17, 15) is 4.39 Å². The first kappa shape index (κ1) is 19.7. The largest absolute Gasteiger partial charge is 0.399 e. The van der Waals surface area contributed by atoms with Gasteiger partial charge < -0.3 is 14.9 Å². The van der Waals surface area contributed by atoms with Gasteiger partial charge in [-0.15, -0.1) is 0 Å². The van der Waals surface area contributed by atoms with Gasteiger partial charge in [-0.1, -0.05) is 28.9 Å². The summed E-state index contributed by atoms with van der Waals surface area (Å²) in [6, 6.07) is 11.3. The van der Waals surface area contributed by atoms with Crippen LogP contribution in [0.5, 0.6) is 0 Å². The van der Waals surface area contributed by atoms with Crippen molar-refractivity contribution in [2.24, 2.45) is 15.1 Å². The number of benzene rings is 2. The number of hydrogen-bond donors (Lipinski definition) is 1. The van der Waals surface area contributed by atoms with Gasteiger partial charge in [0, 0.05) is 29.2 Å². The zero-order valence-corrected chi connectivity index (χ0v) is 16.6. The summed E-state index contributed by atoms with van der Waals surface area (Å²) in [5.74, 6) is -0.368. The minimum Gasteiger partial charge on any atom is -0.399 e. The van der Waals surface area contributed by atoms with Crippen LogP contribution in [-0.2, 0) is 9.57 Å². The number of ether oxygens (including phenoxy) is 1. The highest BCUT2D eigenvalue weighted by Gasteiger charge is 2.32. The van der Waals surface area contributed by atoms with Crippen LogP contribution < -0.4 is 5.32 Å². The number of aliphatic imine (C=N–C) groups is 2. The molecule has 2 aliphatic heterocycles. The zero-order chi connectivity index (χ0) is 20.2. The van der Waals surface area contributed by atoms with E-state index in [0.29, 0.717) is 46.4 Å². The molecule has 2 unspecified atom stereocenters. The van der Waals surface area contributed by atoms with Crippen molar-refractivity contribution < 1.29 is 14.0 Å². The highest BCUT2D eigenvalue weighted by molar-refractivity contribution is 6.36. The number of nitrogens with one attached hydrogen (secondary N) is 1. The molecule has 0 saturated carbocycles. The van der Waals surface area contributed by atoms with Gasteiger partial charge in [0.2, 0.25) is 0 Å². The first-order chi connectivity index (χ1) is 14.2. The lowest BCUT2D eigenvalue weighted by atomic mass is 9.99. The van der Waals surface area contributed by atoms with Crippen LogP contribution in [0.3, 0.4) is 0 Å². The molecule has 2 heterocycles. The molecule has 0 aliphatic carbocycles. The fourth-order valence-electron chi connectivity index (χ4n) is 3.42. The summed E-state index contributed by atoms with van der Waals surface area (Å²) in [6.07, 6.45) is 1.24. The number of morpholine rings is 1. The second-order valence-electron chi connectivity index (χ2n) is 6.63. The maximum absolute atomic E-state index is 14.7. The van der Waals surface area contributed by atoms with E-state index in [1.807, 2.05) is 0 Å². The Hall–Kier alpha value is -2.61.